The van der Waals surface area contributed by atoms with Gasteiger partial charge in [-0.25, -0.2) is 0 Å². The van der Waals surface area contributed by atoms with E-state index in [1.165, 1.54) is 32.1 Å². The van der Waals surface area contributed by atoms with Crippen LogP contribution in [0.1, 0.15) is 51.9 Å². The van der Waals surface area contributed by atoms with Crippen LogP contribution in [0.25, 0.3) is 0 Å². The Morgan fingerprint density at radius 2 is 2.05 bits per heavy atom. The van der Waals surface area contributed by atoms with Crippen LogP contribution >= 0.6 is 0 Å². The maximum Gasteiger partial charge on any atom is 0.306 e. The average molecular weight is 307 g/mol. The standard InChI is InChI=1S/C17H29N3O2/c1-2-22-17(21)11-14-10-16(13-20(12-14)9-8-18)19-15-6-4-3-5-7-15/h14-16,19H,2-7,9-13H2,1H3. The van der Waals surface area contributed by atoms with E-state index in [0.717, 1.165) is 19.5 Å². The van der Waals surface area contributed by atoms with E-state index in [9.17, 15) is 4.79 Å². The lowest BCUT2D eigenvalue weighted by atomic mass is 9.89. The highest BCUT2D eigenvalue weighted by Crippen LogP contribution is 2.23. The summed E-state index contributed by atoms with van der Waals surface area (Å²) in [5.41, 5.74) is 0. The number of ether oxygens (including phenoxy) is 1. The highest BCUT2D eigenvalue weighted by molar-refractivity contribution is 5.69. The molecule has 1 aliphatic carbocycles. The summed E-state index contributed by atoms with van der Waals surface area (Å²) in [4.78, 5) is 13.9. The fourth-order valence-corrected chi connectivity index (χ4v) is 3.86. The zero-order valence-electron chi connectivity index (χ0n) is 13.7. The van der Waals surface area contributed by atoms with Gasteiger partial charge in [0.1, 0.15) is 0 Å². The van der Waals surface area contributed by atoms with Crippen LogP contribution in [-0.4, -0.2) is 49.2 Å². The summed E-state index contributed by atoms with van der Waals surface area (Å²) in [6.07, 6.45) is 8.00. The Labute approximate surface area is 134 Å². The molecule has 0 radical (unpaired) electrons. The number of nitrogens with zero attached hydrogens (tertiary/aromatic N) is 2. The minimum atomic E-state index is -0.109. The third-order valence-electron chi connectivity index (χ3n) is 4.74. The third kappa shape index (κ3) is 5.58. The van der Waals surface area contributed by atoms with Crippen LogP contribution in [0.4, 0.5) is 0 Å². The summed E-state index contributed by atoms with van der Waals surface area (Å²) in [7, 11) is 0. The van der Waals surface area contributed by atoms with Crippen molar-refractivity contribution in [2.45, 2.75) is 64.0 Å². The zero-order valence-corrected chi connectivity index (χ0v) is 13.7. The number of rotatable bonds is 6. The van der Waals surface area contributed by atoms with Crippen molar-refractivity contribution in [1.82, 2.24) is 10.2 Å². The Morgan fingerprint density at radius 1 is 1.27 bits per heavy atom. The second-order valence-electron chi connectivity index (χ2n) is 6.66. The van der Waals surface area contributed by atoms with Crippen molar-refractivity contribution in [3.63, 3.8) is 0 Å². The molecule has 0 aromatic heterocycles. The Balaban J connectivity index is 1.87. The van der Waals surface area contributed by atoms with E-state index in [0.29, 0.717) is 37.6 Å². The first kappa shape index (κ1) is 17.2. The first-order valence-corrected chi connectivity index (χ1v) is 8.72. The molecule has 0 amide bonds. The van der Waals surface area contributed by atoms with Crippen LogP contribution in [0.2, 0.25) is 0 Å². The second-order valence-corrected chi connectivity index (χ2v) is 6.66. The summed E-state index contributed by atoms with van der Waals surface area (Å²) >= 11 is 0. The lowest BCUT2D eigenvalue weighted by molar-refractivity contribution is -0.144. The van der Waals surface area contributed by atoms with E-state index in [1.807, 2.05) is 6.92 Å². The van der Waals surface area contributed by atoms with E-state index in [4.69, 9.17) is 10.00 Å². The van der Waals surface area contributed by atoms with Crippen LogP contribution in [0, 0.1) is 17.2 Å². The van der Waals surface area contributed by atoms with E-state index in [1.54, 1.807) is 0 Å². The molecule has 0 aromatic carbocycles. The molecule has 5 heteroatoms. The molecule has 1 aliphatic heterocycles. The summed E-state index contributed by atoms with van der Waals surface area (Å²) < 4.78 is 5.08. The summed E-state index contributed by atoms with van der Waals surface area (Å²) in [6, 6.07) is 3.25. The molecule has 1 saturated carbocycles. The highest BCUT2D eigenvalue weighted by Gasteiger charge is 2.30. The molecule has 0 spiro atoms. The van der Waals surface area contributed by atoms with Gasteiger partial charge in [0, 0.05) is 31.6 Å². The zero-order chi connectivity index (χ0) is 15.8. The van der Waals surface area contributed by atoms with Crippen molar-refractivity contribution in [1.29, 1.82) is 5.26 Å². The van der Waals surface area contributed by atoms with Gasteiger partial charge in [-0.05, 0) is 32.1 Å². The molecular formula is C17H29N3O2. The predicted octanol–water partition coefficient (Wildman–Crippen LogP) is 2.08. The smallest absolute Gasteiger partial charge is 0.306 e. The predicted molar refractivity (Wildman–Crippen MR) is 85.2 cm³/mol. The molecular weight excluding hydrogens is 278 g/mol. The normalized spacial score (nSPS) is 27.3. The fraction of sp³-hybridized carbons (Fsp3) is 0.882. The number of hydrogen-bond acceptors (Lipinski definition) is 5. The van der Waals surface area contributed by atoms with Gasteiger partial charge in [0.25, 0.3) is 0 Å². The van der Waals surface area contributed by atoms with E-state index >= 15 is 0 Å². The van der Waals surface area contributed by atoms with Crippen molar-refractivity contribution in [2.75, 3.05) is 26.2 Å². The van der Waals surface area contributed by atoms with Crippen molar-refractivity contribution in [3.8, 4) is 6.07 Å². The highest BCUT2D eigenvalue weighted by atomic mass is 16.5. The van der Waals surface area contributed by atoms with Gasteiger partial charge in [-0.3, -0.25) is 9.69 Å². The largest absolute Gasteiger partial charge is 0.466 e. The number of nitrogens with one attached hydrogen (secondary N) is 1. The van der Waals surface area contributed by atoms with Gasteiger partial charge in [0.05, 0.1) is 19.2 Å². The molecule has 2 rings (SSSR count). The van der Waals surface area contributed by atoms with Gasteiger partial charge < -0.3 is 10.1 Å². The Hall–Kier alpha value is -1.12. The van der Waals surface area contributed by atoms with Gasteiger partial charge in [-0.15, -0.1) is 0 Å². The number of likely N-dealkylation sites (tertiary alicyclic amines) is 1. The van der Waals surface area contributed by atoms with Crippen molar-refractivity contribution in [2.24, 2.45) is 5.92 Å². The lowest BCUT2D eigenvalue weighted by Gasteiger charge is -2.39. The lowest BCUT2D eigenvalue weighted by Crippen LogP contribution is -2.52. The van der Waals surface area contributed by atoms with Crippen LogP contribution in [0.15, 0.2) is 0 Å². The minimum absolute atomic E-state index is 0.109. The molecule has 2 atom stereocenters. The molecule has 2 unspecified atom stereocenters. The fourth-order valence-electron chi connectivity index (χ4n) is 3.86. The first-order valence-electron chi connectivity index (χ1n) is 8.72. The molecule has 124 valence electrons. The monoisotopic (exact) mass is 307 g/mol. The summed E-state index contributed by atoms with van der Waals surface area (Å²) in [5, 5.41) is 12.8. The molecule has 2 aliphatic rings. The molecule has 0 bridgehead atoms. The molecule has 2 fully saturated rings. The Bertz CT molecular complexity index is 388. The van der Waals surface area contributed by atoms with Gasteiger partial charge >= 0.3 is 5.97 Å². The topological polar surface area (TPSA) is 65.4 Å². The molecule has 0 aromatic rings. The summed E-state index contributed by atoms with van der Waals surface area (Å²) in [6.45, 7) is 4.48. The van der Waals surface area contributed by atoms with Crippen molar-refractivity contribution < 1.29 is 9.53 Å². The maximum absolute atomic E-state index is 11.7. The molecule has 1 saturated heterocycles. The van der Waals surface area contributed by atoms with Gasteiger partial charge in [-0.1, -0.05) is 19.3 Å². The Kier molecular flexibility index (Phi) is 7.14. The number of nitriles is 1. The van der Waals surface area contributed by atoms with Gasteiger partial charge in [0.2, 0.25) is 0 Å². The average Bonchev–Trinajstić information content (AvgIpc) is 2.48. The molecule has 5 nitrogen and oxygen atoms in total. The van der Waals surface area contributed by atoms with Crippen LogP contribution in [0.3, 0.4) is 0 Å². The SMILES string of the molecule is CCOC(=O)CC1CC(NC2CCCCC2)CN(CC#N)C1. The van der Waals surface area contributed by atoms with Gasteiger partial charge in [-0.2, -0.15) is 5.26 Å². The van der Waals surface area contributed by atoms with E-state index in [2.05, 4.69) is 16.3 Å². The number of piperidine rings is 1. The number of carbonyl (C=O) groups is 1. The first-order chi connectivity index (χ1) is 10.7. The number of carbonyl (C=O) groups excluding carboxylic acids is 1. The van der Waals surface area contributed by atoms with Crippen molar-refractivity contribution >= 4 is 5.97 Å². The second kappa shape index (κ2) is 9.12. The van der Waals surface area contributed by atoms with Crippen LogP contribution in [-0.2, 0) is 9.53 Å². The molecule has 1 heterocycles. The quantitative estimate of drug-likeness (QED) is 0.601. The maximum atomic E-state index is 11.7. The van der Waals surface area contributed by atoms with E-state index in [-0.39, 0.29) is 5.97 Å². The van der Waals surface area contributed by atoms with Gasteiger partial charge in [0.15, 0.2) is 0 Å². The Morgan fingerprint density at radius 3 is 2.73 bits per heavy atom. The van der Waals surface area contributed by atoms with Crippen LogP contribution < -0.4 is 5.32 Å². The summed E-state index contributed by atoms with van der Waals surface area (Å²) in [5.74, 6) is 0.185. The number of esters is 1. The third-order valence-corrected chi connectivity index (χ3v) is 4.74. The molecule has 22 heavy (non-hydrogen) atoms. The van der Waals surface area contributed by atoms with Crippen LogP contribution in [0.5, 0.6) is 0 Å². The van der Waals surface area contributed by atoms with E-state index < -0.39 is 0 Å². The van der Waals surface area contributed by atoms with Crippen molar-refractivity contribution in [3.05, 3.63) is 0 Å². The number of hydrogen-bond donors (Lipinski definition) is 1. The molecule has 1 N–H and O–H groups in total. The minimum Gasteiger partial charge on any atom is -0.466 e.